The molecule has 1 aromatic carbocycles. The fourth-order valence-corrected chi connectivity index (χ4v) is 2.89. The van der Waals surface area contributed by atoms with E-state index in [9.17, 15) is 31.9 Å². The molecule has 0 unspecified atom stereocenters. The lowest BCUT2D eigenvalue weighted by molar-refractivity contribution is -0.144. The van der Waals surface area contributed by atoms with Crippen molar-refractivity contribution in [2.24, 2.45) is 7.05 Å². The Labute approximate surface area is 186 Å². The Morgan fingerprint density at radius 3 is 2.55 bits per heavy atom. The van der Waals surface area contributed by atoms with Gasteiger partial charge in [-0.1, -0.05) is 11.6 Å². The molecule has 0 radical (unpaired) electrons. The lowest BCUT2D eigenvalue weighted by atomic mass is 10.2. The summed E-state index contributed by atoms with van der Waals surface area (Å²) in [7, 11) is 0.772. The second-order valence-corrected chi connectivity index (χ2v) is 6.77. The molecule has 1 N–H and O–H groups in total. The molecule has 3 rings (SSSR count). The predicted octanol–water partition coefficient (Wildman–Crippen LogP) is 3.00. The Bertz CT molecular complexity index is 1350. The minimum absolute atomic E-state index is 0.147. The first-order valence-corrected chi connectivity index (χ1v) is 9.15. The number of carboxylic acid groups (broad SMARTS) is 1. The molecular formula is C19H12ClF4N3O6. The van der Waals surface area contributed by atoms with Crippen molar-refractivity contribution in [2.75, 3.05) is 6.61 Å². The fourth-order valence-electron chi connectivity index (χ4n) is 2.70. The molecule has 9 nitrogen and oxygen atoms in total. The number of carboxylic acids is 1. The zero-order valence-electron chi connectivity index (χ0n) is 16.4. The van der Waals surface area contributed by atoms with E-state index in [0.29, 0.717) is 6.07 Å². The Balaban J connectivity index is 2.12. The number of aliphatic carboxylic acids is 1. The van der Waals surface area contributed by atoms with Crippen molar-refractivity contribution in [3.05, 3.63) is 73.9 Å². The van der Waals surface area contributed by atoms with Crippen LogP contribution in [0.15, 0.2) is 46.1 Å². The number of pyridine rings is 1. The number of hydrogen-bond acceptors (Lipinski definition) is 6. The molecule has 174 valence electrons. The standard InChI is InChI=1S/C19H12ClF4N3O6/c1-26-14(19(22,23)24)7-15(28)27(18(26)31)11-6-13(9(20)5-10(11)21)33-12-3-2-4-25-17(12)32-8-16(29)30/h2-7H,8H2,1H3,(H,29,30). The van der Waals surface area contributed by atoms with Gasteiger partial charge < -0.3 is 14.6 Å². The van der Waals surface area contributed by atoms with Crippen LogP contribution in [0.5, 0.6) is 17.4 Å². The molecule has 0 fully saturated rings. The average Bonchev–Trinajstić information content (AvgIpc) is 2.72. The van der Waals surface area contributed by atoms with Gasteiger partial charge in [-0.2, -0.15) is 13.2 Å². The zero-order chi connectivity index (χ0) is 24.5. The van der Waals surface area contributed by atoms with Crippen molar-refractivity contribution in [1.82, 2.24) is 14.1 Å². The fraction of sp³-hybridized carbons (Fsp3) is 0.158. The van der Waals surface area contributed by atoms with Gasteiger partial charge in [-0.05, 0) is 18.2 Å². The van der Waals surface area contributed by atoms with E-state index < -0.39 is 47.2 Å². The van der Waals surface area contributed by atoms with E-state index in [1.54, 1.807) is 0 Å². The van der Waals surface area contributed by atoms with Crippen LogP contribution in [0, 0.1) is 5.82 Å². The second-order valence-electron chi connectivity index (χ2n) is 6.37. The van der Waals surface area contributed by atoms with Crippen LogP contribution in [-0.2, 0) is 18.0 Å². The Kier molecular flexibility index (Phi) is 6.44. The molecule has 0 bridgehead atoms. The number of alkyl halides is 3. The van der Waals surface area contributed by atoms with Gasteiger partial charge in [-0.15, -0.1) is 0 Å². The number of rotatable bonds is 6. The van der Waals surface area contributed by atoms with Gasteiger partial charge in [-0.3, -0.25) is 9.36 Å². The van der Waals surface area contributed by atoms with E-state index >= 15 is 0 Å². The van der Waals surface area contributed by atoms with Gasteiger partial charge in [0.15, 0.2) is 12.4 Å². The van der Waals surface area contributed by atoms with Gasteiger partial charge in [0.2, 0.25) is 0 Å². The molecule has 14 heteroatoms. The number of benzene rings is 1. The summed E-state index contributed by atoms with van der Waals surface area (Å²) in [5.41, 5.74) is -5.15. The number of aromatic nitrogens is 3. The highest BCUT2D eigenvalue weighted by molar-refractivity contribution is 6.32. The van der Waals surface area contributed by atoms with Crippen LogP contribution in [0.2, 0.25) is 5.02 Å². The Morgan fingerprint density at radius 2 is 1.91 bits per heavy atom. The molecule has 0 saturated heterocycles. The molecule has 0 amide bonds. The normalized spacial score (nSPS) is 11.3. The van der Waals surface area contributed by atoms with Crippen molar-refractivity contribution in [3.63, 3.8) is 0 Å². The Hall–Kier alpha value is -3.87. The van der Waals surface area contributed by atoms with Crippen LogP contribution in [0.3, 0.4) is 0 Å². The van der Waals surface area contributed by atoms with Crippen LogP contribution >= 0.6 is 11.6 Å². The molecule has 0 atom stereocenters. The summed E-state index contributed by atoms with van der Waals surface area (Å²) in [5, 5.41) is 8.41. The minimum Gasteiger partial charge on any atom is -0.479 e. The molecule has 3 aromatic rings. The van der Waals surface area contributed by atoms with Crippen LogP contribution in [0.25, 0.3) is 5.69 Å². The van der Waals surface area contributed by atoms with Gasteiger partial charge in [0, 0.05) is 25.4 Å². The third-order valence-corrected chi connectivity index (χ3v) is 4.44. The first-order chi connectivity index (χ1) is 15.4. The quantitative estimate of drug-likeness (QED) is 0.530. The maximum Gasteiger partial charge on any atom is 0.431 e. The molecule has 33 heavy (non-hydrogen) atoms. The van der Waals surface area contributed by atoms with Crippen molar-refractivity contribution in [1.29, 1.82) is 0 Å². The van der Waals surface area contributed by atoms with E-state index in [2.05, 4.69) is 4.98 Å². The summed E-state index contributed by atoms with van der Waals surface area (Å²) in [5.74, 6) is -3.23. The first-order valence-electron chi connectivity index (χ1n) is 8.77. The van der Waals surface area contributed by atoms with Crippen LogP contribution < -0.4 is 20.7 Å². The van der Waals surface area contributed by atoms with Gasteiger partial charge >= 0.3 is 17.8 Å². The summed E-state index contributed by atoms with van der Waals surface area (Å²) in [6, 6.07) is 4.37. The number of halogens is 5. The highest BCUT2D eigenvalue weighted by Crippen LogP contribution is 2.36. The summed E-state index contributed by atoms with van der Waals surface area (Å²) in [6.07, 6.45) is -3.72. The van der Waals surface area contributed by atoms with Gasteiger partial charge in [0.05, 0.1) is 10.7 Å². The molecule has 0 saturated carbocycles. The van der Waals surface area contributed by atoms with Gasteiger partial charge in [-0.25, -0.2) is 23.5 Å². The largest absolute Gasteiger partial charge is 0.479 e. The van der Waals surface area contributed by atoms with Crippen LogP contribution in [0.1, 0.15) is 5.69 Å². The average molecular weight is 490 g/mol. The lowest BCUT2D eigenvalue weighted by Gasteiger charge is -2.16. The summed E-state index contributed by atoms with van der Waals surface area (Å²) >= 11 is 5.97. The van der Waals surface area contributed by atoms with E-state index in [4.69, 9.17) is 26.2 Å². The van der Waals surface area contributed by atoms with Crippen LogP contribution in [0.4, 0.5) is 17.6 Å². The molecule has 2 heterocycles. The smallest absolute Gasteiger partial charge is 0.431 e. The Morgan fingerprint density at radius 1 is 1.21 bits per heavy atom. The highest BCUT2D eigenvalue weighted by atomic mass is 35.5. The lowest BCUT2D eigenvalue weighted by Crippen LogP contribution is -2.41. The maximum absolute atomic E-state index is 14.6. The topological polar surface area (TPSA) is 113 Å². The zero-order valence-corrected chi connectivity index (χ0v) is 17.1. The summed E-state index contributed by atoms with van der Waals surface area (Å²) < 4.78 is 64.6. The third-order valence-electron chi connectivity index (χ3n) is 4.14. The van der Waals surface area contributed by atoms with Crippen molar-refractivity contribution in [3.8, 4) is 23.1 Å². The molecule has 0 aliphatic rings. The third kappa shape index (κ3) is 4.98. The second kappa shape index (κ2) is 8.94. The molecule has 2 aromatic heterocycles. The number of carbonyl (C=O) groups is 1. The summed E-state index contributed by atoms with van der Waals surface area (Å²) in [4.78, 5) is 39.3. The molecule has 0 aliphatic heterocycles. The number of ether oxygens (including phenoxy) is 2. The van der Waals surface area contributed by atoms with E-state index in [1.165, 1.54) is 18.3 Å². The summed E-state index contributed by atoms with van der Waals surface area (Å²) in [6.45, 7) is -0.757. The van der Waals surface area contributed by atoms with Crippen molar-refractivity contribution < 1.29 is 36.9 Å². The predicted molar refractivity (Wildman–Crippen MR) is 105 cm³/mol. The minimum atomic E-state index is -4.99. The molecule has 0 aliphatic carbocycles. The highest BCUT2D eigenvalue weighted by Gasteiger charge is 2.35. The monoisotopic (exact) mass is 489 g/mol. The number of hydrogen-bond donors (Lipinski definition) is 1. The molecular weight excluding hydrogens is 478 g/mol. The van der Waals surface area contributed by atoms with Crippen molar-refractivity contribution >= 4 is 17.6 Å². The van der Waals surface area contributed by atoms with Gasteiger partial charge in [0.1, 0.15) is 17.3 Å². The molecule has 0 spiro atoms. The maximum atomic E-state index is 14.6. The number of nitrogens with zero attached hydrogens (tertiary/aromatic N) is 3. The van der Waals surface area contributed by atoms with Crippen LogP contribution in [-0.4, -0.2) is 31.8 Å². The SMILES string of the molecule is Cn1c(C(F)(F)F)cc(=O)n(-c2cc(Oc3cccnc3OCC(=O)O)c(Cl)cc2F)c1=O. The van der Waals surface area contributed by atoms with Crippen molar-refractivity contribution in [2.45, 2.75) is 6.18 Å². The first kappa shape index (κ1) is 23.8. The van der Waals surface area contributed by atoms with E-state index in [-0.39, 0.29) is 37.6 Å². The van der Waals surface area contributed by atoms with Gasteiger partial charge in [0.25, 0.3) is 11.4 Å². The van der Waals surface area contributed by atoms with E-state index in [1.807, 2.05) is 0 Å². The van der Waals surface area contributed by atoms with E-state index in [0.717, 1.165) is 13.1 Å².